The van der Waals surface area contributed by atoms with Crippen molar-refractivity contribution in [1.29, 1.82) is 0 Å². The molecule has 0 aromatic carbocycles. The summed E-state index contributed by atoms with van der Waals surface area (Å²) in [5, 5.41) is 3.55. The minimum absolute atomic E-state index is 0.294. The Morgan fingerprint density at radius 1 is 1.33 bits per heavy atom. The molecule has 1 aliphatic carbocycles. The lowest BCUT2D eigenvalue weighted by atomic mass is 9.84. The fourth-order valence-corrected chi connectivity index (χ4v) is 2.91. The largest absolute Gasteiger partial charge is 0.470 e. The first-order valence-corrected chi connectivity index (χ1v) is 8.09. The molecule has 2 unspecified atom stereocenters. The number of anilines is 2. The van der Waals surface area contributed by atoms with Gasteiger partial charge in [0, 0.05) is 6.04 Å². The van der Waals surface area contributed by atoms with Crippen LogP contribution < -0.4 is 15.8 Å². The van der Waals surface area contributed by atoms with Crippen LogP contribution in [0.15, 0.2) is 12.1 Å². The maximum absolute atomic E-state index is 5.96. The molecule has 2 rings (SSSR count). The van der Waals surface area contributed by atoms with Crippen LogP contribution in [0.25, 0.3) is 0 Å². The van der Waals surface area contributed by atoms with E-state index in [4.69, 9.17) is 10.5 Å². The van der Waals surface area contributed by atoms with E-state index in [9.17, 15) is 0 Å². The first-order valence-electron chi connectivity index (χ1n) is 8.09. The number of aromatic nitrogens is 1. The summed E-state index contributed by atoms with van der Waals surface area (Å²) >= 11 is 0. The molecule has 2 atom stereocenters. The van der Waals surface area contributed by atoms with Crippen molar-refractivity contribution in [1.82, 2.24) is 4.98 Å². The summed E-state index contributed by atoms with van der Waals surface area (Å²) in [5.41, 5.74) is 6.25. The van der Waals surface area contributed by atoms with Crippen LogP contribution in [0.2, 0.25) is 0 Å². The molecule has 0 aliphatic heterocycles. The molecule has 0 bridgehead atoms. The van der Waals surface area contributed by atoms with E-state index in [1.807, 2.05) is 32.9 Å². The summed E-state index contributed by atoms with van der Waals surface area (Å²) in [4.78, 5) is 4.54. The van der Waals surface area contributed by atoms with Crippen LogP contribution in [0.4, 0.5) is 11.5 Å². The highest BCUT2D eigenvalue weighted by molar-refractivity contribution is 5.54. The minimum atomic E-state index is -0.294. The third-order valence-corrected chi connectivity index (χ3v) is 4.00. The van der Waals surface area contributed by atoms with Crippen molar-refractivity contribution in [3.8, 4) is 5.88 Å². The third-order valence-electron chi connectivity index (χ3n) is 4.00. The molecule has 1 saturated carbocycles. The molecule has 3 N–H and O–H groups in total. The maximum atomic E-state index is 5.96. The minimum Gasteiger partial charge on any atom is -0.470 e. The molecule has 1 aliphatic rings. The Bertz CT molecular complexity index is 468. The predicted octanol–water partition coefficient (Wildman–Crippen LogP) is 4.22. The highest BCUT2D eigenvalue weighted by Crippen LogP contribution is 2.30. The Labute approximate surface area is 128 Å². The van der Waals surface area contributed by atoms with Crippen LogP contribution in [0.3, 0.4) is 0 Å². The van der Waals surface area contributed by atoms with Gasteiger partial charge in [0.2, 0.25) is 5.88 Å². The predicted molar refractivity (Wildman–Crippen MR) is 88.7 cm³/mol. The van der Waals surface area contributed by atoms with Gasteiger partial charge < -0.3 is 15.8 Å². The topological polar surface area (TPSA) is 60.2 Å². The molecule has 0 spiro atoms. The van der Waals surface area contributed by atoms with Crippen molar-refractivity contribution in [2.75, 3.05) is 11.1 Å². The maximum Gasteiger partial charge on any atom is 0.239 e. The van der Waals surface area contributed by atoms with Crippen molar-refractivity contribution >= 4 is 11.5 Å². The van der Waals surface area contributed by atoms with Crippen molar-refractivity contribution in [3.63, 3.8) is 0 Å². The smallest absolute Gasteiger partial charge is 0.239 e. The zero-order chi connectivity index (χ0) is 15.5. The van der Waals surface area contributed by atoms with Gasteiger partial charge in [0.05, 0.1) is 5.69 Å². The summed E-state index contributed by atoms with van der Waals surface area (Å²) in [6, 6.07) is 4.33. The number of nitrogens with two attached hydrogens (primary N) is 1. The average Bonchev–Trinajstić information content (AvgIpc) is 2.41. The summed E-state index contributed by atoms with van der Waals surface area (Å²) < 4.78 is 5.83. The molecule has 0 amide bonds. The van der Waals surface area contributed by atoms with Crippen LogP contribution in [0, 0.1) is 5.92 Å². The van der Waals surface area contributed by atoms with Crippen LogP contribution in [0.1, 0.15) is 59.8 Å². The van der Waals surface area contributed by atoms with Crippen LogP contribution in [-0.4, -0.2) is 16.6 Å². The molecular weight excluding hydrogens is 262 g/mol. The molecule has 1 aromatic rings. The van der Waals surface area contributed by atoms with Crippen LogP contribution in [-0.2, 0) is 0 Å². The van der Waals surface area contributed by atoms with Gasteiger partial charge in [0.1, 0.15) is 11.4 Å². The highest BCUT2D eigenvalue weighted by atomic mass is 16.5. The summed E-state index contributed by atoms with van der Waals surface area (Å²) in [5.74, 6) is 2.23. The van der Waals surface area contributed by atoms with E-state index >= 15 is 0 Å². The van der Waals surface area contributed by atoms with Crippen molar-refractivity contribution < 1.29 is 4.74 Å². The lowest BCUT2D eigenvalue weighted by Gasteiger charge is -2.29. The first kappa shape index (κ1) is 15.9. The molecule has 1 heterocycles. The number of pyridine rings is 1. The number of ether oxygens (including phenoxy) is 1. The van der Waals surface area contributed by atoms with E-state index in [1.165, 1.54) is 32.1 Å². The molecule has 118 valence electrons. The van der Waals surface area contributed by atoms with Gasteiger partial charge in [-0.2, -0.15) is 4.98 Å². The Balaban J connectivity index is 2.05. The molecule has 0 saturated heterocycles. The summed E-state index contributed by atoms with van der Waals surface area (Å²) in [6.45, 7) is 8.29. The average molecular weight is 291 g/mol. The van der Waals surface area contributed by atoms with Crippen molar-refractivity contribution in [2.24, 2.45) is 5.92 Å². The van der Waals surface area contributed by atoms with E-state index < -0.39 is 0 Å². The van der Waals surface area contributed by atoms with Gasteiger partial charge in [-0.1, -0.05) is 26.2 Å². The number of rotatable bonds is 4. The number of nitrogen functional groups attached to an aromatic ring is 1. The Hall–Kier alpha value is -1.45. The molecule has 21 heavy (non-hydrogen) atoms. The zero-order valence-corrected chi connectivity index (χ0v) is 13.8. The lowest BCUT2D eigenvalue weighted by molar-refractivity contribution is 0.125. The third kappa shape index (κ3) is 4.80. The lowest BCUT2D eigenvalue weighted by Crippen LogP contribution is -2.28. The Kier molecular flexibility index (Phi) is 4.96. The van der Waals surface area contributed by atoms with Crippen molar-refractivity contribution in [3.05, 3.63) is 12.1 Å². The van der Waals surface area contributed by atoms with Crippen molar-refractivity contribution in [2.45, 2.75) is 71.4 Å². The van der Waals surface area contributed by atoms with Gasteiger partial charge in [0.25, 0.3) is 0 Å². The Morgan fingerprint density at radius 2 is 2.10 bits per heavy atom. The van der Waals surface area contributed by atoms with E-state index in [0.717, 1.165) is 11.7 Å². The van der Waals surface area contributed by atoms with Gasteiger partial charge >= 0.3 is 0 Å². The number of nitrogens with one attached hydrogen (secondary N) is 1. The fourth-order valence-electron chi connectivity index (χ4n) is 2.91. The van der Waals surface area contributed by atoms with Gasteiger partial charge in [-0.05, 0) is 51.7 Å². The second kappa shape index (κ2) is 6.54. The first-order chi connectivity index (χ1) is 9.87. The summed E-state index contributed by atoms with van der Waals surface area (Å²) in [6.07, 6.45) is 6.39. The quantitative estimate of drug-likeness (QED) is 0.872. The van der Waals surface area contributed by atoms with Gasteiger partial charge in [-0.15, -0.1) is 0 Å². The zero-order valence-electron chi connectivity index (χ0n) is 13.8. The van der Waals surface area contributed by atoms with Gasteiger partial charge in [0.15, 0.2) is 0 Å². The van der Waals surface area contributed by atoms with E-state index in [1.54, 1.807) is 0 Å². The molecule has 4 nitrogen and oxygen atoms in total. The van der Waals surface area contributed by atoms with E-state index in [-0.39, 0.29) is 5.60 Å². The number of hydrogen-bond acceptors (Lipinski definition) is 4. The molecule has 0 radical (unpaired) electrons. The number of nitrogens with zero attached hydrogens (tertiary/aromatic N) is 1. The second-order valence-electron chi connectivity index (χ2n) is 7.09. The standard InChI is InChI=1S/C17H29N3O/c1-5-12-7-6-8-13(11-12)19-15-10-9-14(18)16(20-15)21-17(2,3)4/h9-10,12-13H,5-8,11,18H2,1-4H3,(H,19,20). The molecule has 1 aromatic heterocycles. The fraction of sp³-hybridized carbons (Fsp3) is 0.706. The normalized spacial score (nSPS) is 22.9. The highest BCUT2D eigenvalue weighted by Gasteiger charge is 2.21. The number of hydrogen-bond donors (Lipinski definition) is 2. The second-order valence-corrected chi connectivity index (χ2v) is 7.09. The van der Waals surface area contributed by atoms with Crippen LogP contribution >= 0.6 is 0 Å². The van der Waals surface area contributed by atoms with E-state index in [0.29, 0.717) is 17.6 Å². The summed E-state index contributed by atoms with van der Waals surface area (Å²) in [7, 11) is 0. The molecule has 4 heteroatoms. The van der Waals surface area contributed by atoms with E-state index in [2.05, 4.69) is 17.2 Å². The SMILES string of the molecule is CCC1CCCC(Nc2ccc(N)c(OC(C)(C)C)n2)C1. The van der Waals surface area contributed by atoms with Gasteiger partial charge in [-0.3, -0.25) is 0 Å². The van der Waals surface area contributed by atoms with Gasteiger partial charge in [-0.25, -0.2) is 0 Å². The van der Waals surface area contributed by atoms with Crippen LogP contribution in [0.5, 0.6) is 5.88 Å². The molecule has 1 fully saturated rings. The molecular formula is C17H29N3O. The Morgan fingerprint density at radius 3 is 2.76 bits per heavy atom. The monoisotopic (exact) mass is 291 g/mol.